The molecular weight excluding hydrogens is 364 g/mol. The molecule has 4 rings (SSSR count). The molecule has 0 radical (unpaired) electrons. The van der Waals surface area contributed by atoms with Gasteiger partial charge in [-0.1, -0.05) is 12.1 Å². The molecule has 0 aliphatic heterocycles. The van der Waals surface area contributed by atoms with Gasteiger partial charge in [0.1, 0.15) is 6.33 Å². The normalized spacial score (nSPS) is 10.8. The molecule has 1 aromatic heterocycles. The molecule has 0 fully saturated rings. The molecule has 1 N–H and O–H groups in total. The van der Waals surface area contributed by atoms with Crippen molar-refractivity contribution in [3.63, 3.8) is 0 Å². The summed E-state index contributed by atoms with van der Waals surface area (Å²) in [4.78, 5) is 29.2. The summed E-state index contributed by atoms with van der Waals surface area (Å²) in [5.74, 6) is -2.52. The number of para-hydroxylation sites is 1. The van der Waals surface area contributed by atoms with Crippen LogP contribution in [-0.4, -0.2) is 15.5 Å². The molecule has 0 saturated heterocycles. The molecule has 1 amide bonds. The zero-order chi connectivity index (χ0) is 19.7. The van der Waals surface area contributed by atoms with Crippen molar-refractivity contribution in [1.29, 1.82) is 0 Å². The highest BCUT2D eigenvalue weighted by molar-refractivity contribution is 6.04. The first-order valence-electron chi connectivity index (χ1n) is 8.36. The van der Waals surface area contributed by atoms with Crippen LogP contribution in [0.1, 0.15) is 10.4 Å². The molecule has 0 unspecified atom stereocenters. The lowest BCUT2D eigenvalue weighted by Gasteiger charge is -2.09. The quantitative estimate of drug-likeness (QED) is 0.589. The summed E-state index contributed by atoms with van der Waals surface area (Å²) in [6, 6.07) is 16.4. The zero-order valence-electron chi connectivity index (χ0n) is 14.4. The van der Waals surface area contributed by atoms with Crippen molar-refractivity contribution < 1.29 is 13.6 Å². The summed E-state index contributed by atoms with van der Waals surface area (Å²) in [5.41, 5.74) is 1.38. The SMILES string of the molecule is O=C(Nc1ccc(F)c(F)c1)c1ccc(-n2cnc3ccccc3c2=O)cc1. The monoisotopic (exact) mass is 377 g/mol. The van der Waals surface area contributed by atoms with Gasteiger partial charge in [-0.25, -0.2) is 13.8 Å². The third-order valence-corrected chi connectivity index (χ3v) is 4.25. The molecule has 0 spiro atoms. The van der Waals surface area contributed by atoms with Crippen LogP contribution < -0.4 is 10.9 Å². The van der Waals surface area contributed by atoms with Crippen LogP contribution in [0.3, 0.4) is 0 Å². The summed E-state index contributed by atoms with van der Waals surface area (Å²) in [6.45, 7) is 0. The highest BCUT2D eigenvalue weighted by Crippen LogP contribution is 2.15. The van der Waals surface area contributed by atoms with Gasteiger partial charge in [-0.2, -0.15) is 0 Å². The number of anilines is 1. The number of hydrogen-bond donors (Lipinski definition) is 1. The van der Waals surface area contributed by atoms with E-state index in [1.165, 1.54) is 29.1 Å². The fourth-order valence-electron chi connectivity index (χ4n) is 2.80. The van der Waals surface area contributed by atoms with Crippen LogP contribution in [0, 0.1) is 11.6 Å². The number of fused-ring (bicyclic) bond motifs is 1. The predicted molar refractivity (Wildman–Crippen MR) is 102 cm³/mol. The van der Waals surface area contributed by atoms with E-state index in [0.717, 1.165) is 12.1 Å². The number of carbonyl (C=O) groups excluding carboxylic acids is 1. The van der Waals surface area contributed by atoms with Gasteiger partial charge >= 0.3 is 0 Å². The number of aromatic nitrogens is 2. The van der Waals surface area contributed by atoms with Gasteiger partial charge in [0, 0.05) is 17.3 Å². The van der Waals surface area contributed by atoms with Gasteiger partial charge in [0.25, 0.3) is 11.5 Å². The summed E-state index contributed by atoms with van der Waals surface area (Å²) in [5, 5.41) is 2.99. The van der Waals surface area contributed by atoms with E-state index in [2.05, 4.69) is 10.3 Å². The van der Waals surface area contributed by atoms with E-state index in [0.29, 0.717) is 22.2 Å². The Morgan fingerprint density at radius 3 is 2.43 bits per heavy atom. The number of carbonyl (C=O) groups is 1. The third-order valence-electron chi connectivity index (χ3n) is 4.25. The second-order valence-electron chi connectivity index (χ2n) is 6.07. The van der Waals surface area contributed by atoms with E-state index < -0.39 is 17.5 Å². The number of nitrogens with one attached hydrogen (secondary N) is 1. The van der Waals surface area contributed by atoms with E-state index >= 15 is 0 Å². The number of amides is 1. The second-order valence-corrected chi connectivity index (χ2v) is 6.07. The van der Waals surface area contributed by atoms with Gasteiger partial charge in [-0.15, -0.1) is 0 Å². The number of rotatable bonds is 3. The Bertz CT molecular complexity index is 1250. The van der Waals surface area contributed by atoms with Crippen molar-refractivity contribution in [2.24, 2.45) is 0 Å². The zero-order valence-corrected chi connectivity index (χ0v) is 14.4. The average Bonchev–Trinajstić information content (AvgIpc) is 2.71. The largest absolute Gasteiger partial charge is 0.322 e. The number of benzene rings is 3. The van der Waals surface area contributed by atoms with Crippen LogP contribution >= 0.6 is 0 Å². The molecule has 1 heterocycles. The van der Waals surface area contributed by atoms with Gasteiger partial charge < -0.3 is 5.32 Å². The maximum Gasteiger partial charge on any atom is 0.265 e. The topological polar surface area (TPSA) is 64.0 Å². The van der Waals surface area contributed by atoms with E-state index in [1.807, 2.05) is 0 Å². The third kappa shape index (κ3) is 3.25. The summed E-state index contributed by atoms with van der Waals surface area (Å²) < 4.78 is 27.6. The van der Waals surface area contributed by atoms with Crippen molar-refractivity contribution in [3.05, 3.63) is 101 Å². The molecule has 3 aromatic carbocycles. The molecule has 5 nitrogen and oxygen atoms in total. The van der Waals surface area contributed by atoms with Crippen LogP contribution in [0.15, 0.2) is 77.9 Å². The first kappa shape index (κ1) is 17.5. The lowest BCUT2D eigenvalue weighted by Crippen LogP contribution is -2.19. The standard InChI is InChI=1S/C21H13F2N3O2/c22-17-10-7-14(11-18(17)23)25-20(27)13-5-8-15(9-6-13)26-12-24-19-4-2-1-3-16(19)21(26)28/h1-12H,(H,25,27). The van der Waals surface area contributed by atoms with Crippen LogP contribution in [0.5, 0.6) is 0 Å². The molecule has 0 bridgehead atoms. The van der Waals surface area contributed by atoms with Crippen molar-refractivity contribution in [2.75, 3.05) is 5.32 Å². The van der Waals surface area contributed by atoms with Gasteiger partial charge in [0.05, 0.1) is 16.6 Å². The minimum absolute atomic E-state index is 0.142. The molecule has 0 atom stereocenters. The van der Waals surface area contributed by atoms with Gasteiger partial charge in [-0.3, -0.25) is 14.2 Å². The predicted octanol–water partition coefficient (Wildman–Crippen LogP) is 3.92. The number of halogens is 2. The fourth-order valence-corrected chi connectivity index (χ4v) is 2.80. The molecule has 138 valence electrons. The Hall–Kier alpha value is -3.87. The number of nitrogens with zero attached hydrogens (tertiary/aromatic N) is 2. The Morgan fingerprint density at radius 2 is 1.68 bits per heavy atom. The first-order valence-corrected chi connectivity index (χ1v) is 8.36. The molecule has 4 aromatic rings. The minimum Gasteiger partial charge on any atom is -0.322 e. The second kappa shape index (κ2) is 7.03. The van der Waals surface area contributed by atoms with E-state index in [4.69, 9.17) is 0 Å². The molecule has 0 aliphatic carbocycles. The molecule has 7 heteroatoms. The lowest BCUT2D eigenvalue weighted by molar-refractivity contribution is 0.102. The Labute approximate surface area is 157 Å². The Morgan fingerprint density at radius 1 is 0.929 bits per heavy atom. The maximum atomic E-state index is 13.3. The molecule has 0 saturated carbocycles. The summed E-state index contributed by atoms with van der Waals surface area (Å²) in [7, 11) is 0. The van der Waals surface area contributed by atoms with Gasteiger partial charge in [0.2, 0.25) is 0 Å². The minimum atomic E-state index is -1.05. The van der Waals surface area contributed by atoms with Crippen LogP contribution in [0.25, 0.3) is 16.6 Å². The van der Waals surface area contributed by atoms with Gasteiger partial charge in [0.15, 0.2) is 11.6 Å². The smallest absolute Gasteiger partial charge is 0.265 e. The van der Waals surface area contributed by atoms with Crippen molar-refractivity contribution in [2.45, 2.75) is 0 Å². The Balaban J connectivity index is 1.60. The fraction of sp³-hybridized carbons (Fsp3) is 0. The van der Waals surface area contributed by atoms with Crippen LogP contribution in [0.2, 0.25) is 0 Å². The van der Waals surface area contributed by atoms with E-state index in [-0.39, 0.29) is 11.2 Å². The van der Waals surface area contributed by atoms with E-state index in [9.17, 15) is 18.4 Å². The molecule has 28 heavy (non-hydrogen) atoms. The first-order chi connectivity index (χ1) is 13.5. The van der Waals surface area contributed by atoms with Crippen LogP contribution in [-0.2, 0) is 0 Å². The van der Waals surface area contributed by atoms with Gasteiger partial charge in [-0.05, 0) is 48.5 Å². The Kier molecular flexibility index (Phi) is 4.41. The van der Waals surface area contributed by atoms with E-state index in [1.54, 1.807) is 36.4 Å². The molecule has 0 aliphatic rings. The van der Waals surface area contributed by atoms with Crippen molar-refractivity contribution in [3.8, 4) is 5.69 Å². The average molecular weight is 377 g/mol. The lowest BCUT2D eigenvalue weighted by atomic mass is 10.1. The highest BCUT2D eigenvalue weighted by Gasteiger charge is 2.10. The summed E-state index contributed by atoms with van der Waals surface area (Å²) in [6.07, 6.45) is 1.43. The summed E-state index contributed by atoms with van der Waals surface area (Å²) >= 11 is 0. The maximum absolute atomic E-state index is 13.3. The van der Waals surface area contributed by atoms with Crippen LogP contribution in [0.4, 0.5) is 14.5 Å². The number of hydrogen-bond acceptors (Lipinski definition) is 3. The highest BCUT2D eigenvalue weighted by atomic mass is 19.2. The van der Waals surface area contributed by atoms with Crippen molar-refractivity contribution in [1.82, 2.24) is 9.55 Å². The molecular formula is C21H13F2N3O2. The van der Waals surface area contributed by atoms with Crippen molar-refractivity contribution >= 4 is 22.5 Å².